The van der Waals surface area contributed by atoms with Gasteiger partial charge in [0.15, 0.2) is 5.65 Å². The van der Waals surface area contributed by atoms with Gasteiger partial charge in [-0.1, -0.05) is 11.6 Å². The number of hydrogen-bond donors (Lipinski definition) is 2. The first-order chi connectivity index (χ1) is 10.5. The number of H-pyrrole nitrogens is 1. The molecule has 2 N–H and O–H groups in total. The predicted octanol–water partition coefficient (Wildman–Crippen LogP) is 4.06. The smallest absolute Gasteiger partial charge is 0.177 e. The lowest BCUT2D eigenvalue weighted by Crippen LogP contribution is -2.09. The van der Waals surface area contributed by atoms with Crippen LogP contribution < -0.4 is 0 Å². The number of aromatic hydroxyl groups is 1. The highest BCUT2D eigenvalue weighted by Gasteiger charge is 2.31. The highest BCUT2D eigenvalue weighted by molar-refractivity contribution is 6.32. The average Bonchev–Trinajstić information content (AvgIpc) is 3.18. The molecule has 1 atom stereocenters. The van der Waals surface area contributed by atoms with Crippen LogP contribution in [0.2, 0.25) is 5.02 Å². The highest BCUT2D eigenvalue weighted by atomic mass is 35.5. The normalized spacial score (nSPS) is 16.3. The Morgan fingerprint density at radius 2 is 2.18 bits per heavy atom. The molecule has 0 aliphatic heterocycles. The van der Waals surface area contributed by atoms with E-state index in [1.54, 1.807) is 18.2 Å². The van der Waals surface area contributed by atoms with E-state index in [0.29, 0.717) is 17.0 Å². The minimum Gasteiger partial charge on any atom is -0.506 e. The number of aromatic nitrogens is 4. The van der Waals surface area contributed by atoms with E-state index in [2.05, 4.69) is 17.0 Å². The first-order valence-corrected chi connectivity index (χ1v) is 7.86. The Labute approximate surface area is 132 Å². The van der Waals surface area contributed by atoms with Crippen molar-refractivity contribution in [1.29, 1.82) is 0 Å². The van der Waals surface area contributed by atoms with Crippen molar-refractivity contribution < 1.29 is 5.11 Å². The van der Waals surface area contributed by atoms with Crippen molar-refractivity contribution in [3.63, 3.8) is 0 Å². The van der Waals surface area contributed by atoms with Crippen LogP contribution in [0.25, 0.3) is 22.6 Å². The van der Waals surface area contributed by atoms with Crippen LogP contribution in [0.3, 0.4) is 0 Å². The van der Waals surface area contributed by atoms with Gasteiger partial charge < -0.3 is 10.1 Å². The Kier molecular flexibility index (Phi) is 2.94. The van der Waals surface area contributed by atoms with Crippen molar-refractivity contribution in [2.45, 2.75) is 32.7 Å². The van der Waals surface area contributed by atoms with Crippen LogP contribution in [0.1, 0.15) is 31.5 Å². The van der Waals surface area contributed by atoms with E-state index in [9.17, 15) is 5.11 Å². The molecule has 1 aromatic carbocycles. The summed E-state index contributed by atoms with van der Waals surface area (Å²) in [6.07, 6.45) is 2.54. The molecule has 2 aromatic heterocycles. The quantitative estimate of drug-likeness (QED) is 0.765. The third kappa shape index (κ3) is 2.08. The Morgan fingerprint density at radius 3 is 2.86 bits per heavy atom. The second kappa shape index (κ2) is 4.74. The number of hydrogen-bond acceptors (Lipinski definition) is 3. The van der Waals surface area contributed by atoms with Crippen LogP contribution >= 0.6 is 11.6 Å². The minimum atomic E-state index is 0.0752. The molecule has 5 nitrogen and oxygen atoms in total. The molecular formula is C16H17ClN4O. The third-order valence-corrected chi connectivity index (χ3v) is 4.74. The summed E-state index contributed by atoms with van der Waals surface area (Å²) in [7, 11) is 0. The van der Waals surface area contributed by atoms with Crippen LogP contribution in [0, 0.1) is 12.8 Å². The van der Waals surface area contributed by atoms with E-state index in [0.717, 1.165) is 28.2 Å². The fourth-order valence-corrected chi connectivity index (χ4v) is 3.07. The summed E-state index contributed by atoms with van der Waals surface area (Å²) in [5.74, 6) is 1.53. The van der Waals surface area contributed by atoms with Gasteiger partial charge in [-0.15, -0.1) is 0 Å². The van der Waals surface area contributed by atoms with Crippen molar-refractivity contribution in [1.82, 2.24) is 19.7 Å². The number of fused-ring (bicyclic) bond motifs is 1. The van der Waals surface area contributed by atoms with Crippen molar-refractivity contribution >= 4 is 22.8 Å². The van der Waals surface area contributed by atoms with E-state index in [1.807, 2.05) is 11.6 Å². The SMILES string of the molecule is Cc1nn([C@@H](C)C2CC2)c2nc(-c3ccc(O)c(Cl)c3)[nH]c12. The van der Waals surface area contributed by atoms with Gasteiger partial charge in [0.05, 0.1) is 16.8 Å². The zero-order valence-corrected chi connectivity index (χ0v) is 13.2. The lowest BCUT2D eigenvalue weighted by Gasteiger charge is -2.10. The molecule has 0 unspecified atom stereocenters. The number of rotatable bonds is 3. The van der Waals surface area contributed by atoms with Gasteiger partial charge in [0, 0.05) is 5.56 Å². The molecule has 3 aromatic rings. The number of aryl methyl sites for hydroxylation is 1. The molecule has 2 heterocycles. The summed E-state index contributed by atoms with van der Waals surface area (Å²) >= 11 is 5.99. The number of phenols is 1. The van der Waals surface area contributed by atoms with Gasteiger partial charge in [-0.3, -0.25) is 0 Å². The van der Waals surface area contributed by atoms with E-state index in [-0.39, 0.29) is 5.75 Å². The molecular weight excluding hydrogens is 300 g/mol. The second-order valence-corrected chi connectivity index (χ2v) is 6.47. The predicted molar refractivity (Wildman–Crippen MR) is 86.2 cm³/mol. The molecule has 1 aliphatic carbocycles. The highest BCUT2D eigenvalue weighted by Crippen LogP contribution is 2.40. The molecule has 0 bridgehead atoms. The molecule has 0 radical (unpaired) electrons. The van der Waals surface area contributed by atoms with E-state index < -0.39 is 0 Å². The van der Waals surface area contributed by atoms with Crippen LogP contribution in [-0.4, -0.2) is 24.9 Å². The molecule has 1 fully saturated rings. The summed E-state index contributed by atoms with van der Waals surface area (Å²) in [6, 6.07) is 5.47. The van der Waals surface area contributed by atoms with Gasteiger partial charge in [-0.05, 0) is 50.8 Å². The molecule has 22 heavy (non-hydrogen) atoms. The summed E-state index contributed by atoms with van der Waals surface area (Å²) in [6.45, 7) is 4.19. The number of halogens is 1. The molecule has 0 spiro atoms. The second-order valence-electron chi connectivity index (χ2n) is 6.06. The maximum absolute atomic E-state index is 9.54. The fourth-order valence-electron chi connectivity index (χ4n) is 2.89. The Morgan fingerprint density at radius 1 is 1.41 bits per heavy atom. The standard InChI is InChI=1S/C16H17ClN4O/c1-8-14-16(21(20-8)9(2)10-3-4-10)19-15(18-14)11-5-6-13(22)12(17)7-11/h5-7,9-10,22H,3-4H2,1-2H3,(H,18,19)/t9-/m0/s1. The monoisotopic (exact) mass is 316 g/mol. The van der Waals surface area contributed by atoms with E-state index in [1.165, 1.54) is 12.8 Å². The van der Waals surface area contributed by atoms with E-state index in [4.69, 9.17) is 16.6 Å². The van der Waals surface area contributed by atoms with Gasteiger partial charge >= 0.3 is 0 Å². The lowest BCUT2D eigenvalue weighted by molar-refractivity contribution is 0.449. The maximum Gasteiger partial charge on any atom is 0.177 e. The van der Waals surface area contributed by atoms with Crippen LogP contribution in [0.4, 0.5) is 0 Å². The number of phenolic OH excluding ortho intramolecular Hbond substituents is 1. The zero-order valence-electron chi connectivity index (χ0n) is 12.5. The summed E-state index contributed by atoms with van der Waals surface area (Å²) in [4.78, 5) is 8.04. The van der Waals surface area contributed by atoms with Crippen LogP contribution in [0.5, 0.6) is 5.75 Å². The number of aromatic amines is 1. The molecule has 6 heteroatoms. The van der Waals surface area contributed by atoms with Crippen LogP contribution in [0.15, 0.2) is 18.2 Å². The number of imidazole rings is 1. The summed E-state index contributed by atoms with van der Waals surface area (Å²) in [5, 5.41) is 14.5. The van der Waals surface area contributed by atoms with Crippen LogP contribution in [-0.2, 0) is 0 Å². The number of nitrogens with one attached hydrogen (secondary N) is 1. The summed E-state index contributed by atoms with van der Waals surface area (Å²) < 4.78 is 2.03. The molecule has 0 amide bonds. The van der Waals surface area contributed by atoms with Crippen molar-refractivity contribution in [2.24, 2.45) is 5.92 Å². The van der Waals surface area contributed by atoms with Gasteiger partial charge in [-0.2, -0.15) is 5.10 Å². The van der Waals surface area contributed by atoms with Gasteiger partial charge in [0.1, 0.15) is 17.1 Å². The number of nitrogens with zero attached hydrogens (tertiary/aromatic N) is 3. The van der Waals surface area contributed by atoms with Crippen molar-refractivity contribution in [2.75, 3.05) is 0 Å². The molecule has 114 valence electrons. The largest absolute Gasteiger partial charge is 0.506 e. The maximum atomic E-state index is 9.54. The average molecular weight is 317 g/mol. The fraction of sp³-hybridized carbons (Fsp3) is 0.375. The molecule has 0 saturated heterocycles. The molecule has 4 rings (SSSR count). The Bertz CT molecular complexity index is 863. The Balaban J connectivity index is 1.83. The minimum absolute atomic E-state index is 0.0752. The molecule has 1 saturated carbocycles. The number of benzene rings is 1. The Hall–Kier alpha value is -2.01. The lowest BCUT2D eigenvalue weighted by atomic mass is 10.2. The van der Waals surface area contributed by atoms with E-state index >= 15 is 0 Å². The topological polar surface area (TPSA) is 66.7 Å². The first-order valence-electron chi connectivity index (χ1n) is 7.48. The first kappa shape index (κ1) is 13.6. The van der Waals surface area contributed by atoms with Gasteiger partial charge in [-0.25, -0.2) is 9.67 Å². The zero-order chi connectivity index (χ0) is 15.4. The van der Waals surface area contributed by atoms with Crippen molar-refractivity contribution in [3.8, 4) is 17.1 Å². The third-order valence-electron chi connectivity index (χ3n) is 4.43. The molecule has 1 aliphatic rings. The summed E-state index contributed by atoms with van der Waals surface area (Å²) in [5.41, 5.74) is 3.65. The van der Waals surface area contributed by atoms with Crippen molar-refractivity contribution in [3.05, 3.63) is 28.9 Å². The van der Waals surface area contributed by atoms with Gasteiger partial charge in [0.2, 0.25) is 0 Å². The van der Waals surface area contributed by atoms with Gasteiger partial charge in [0.25, 0.3) is 0 Å².